The van der Waals surface area contributed by atoms with Crippen LogP contribution in [0.4, 0.5) is 4.39 Å². The van der Waals surface area contributed by atoms with Crippen LogP contribution in [0.5, 0.6) is 11.6 Å². The van der Waals surface area contributed by atoms with Gasteiger partial charge in [0.15, 0.2) is 5.43 Å². The van der Waals surface area contributed by atoms with Crippen LogP contribution in [0.2, 0.25) is 0 Å². The Morgan fingerprint density at radius 3 is 2.58 bits per heavy atom. The summed E-state index contributed by atoms with van der Waals surface area (Å²) in [6.45, 7) is 5.47. The SMILES string of the molecule is Cc1cc(F)ccc1Oc1nc(C)c(C)cc1-c1cc(=O)c2c(C(N)=O)nccc2[nH]1. The summed E-state index contributed by atoms with van der Waals surface area (Å²) in [7, 11) is 0. The van der Waals surface area contributed by atoms with Gasteiger partial charge in [-0.1, -0.05) is 0 Å². The molecule has 4 aromatic rings. The van der Waals surface area contributed by atoms with Crippen LogP contribution >= 0.6 is 0 Å². The summed E-state index contributed by atoms with van der Waals surface area (Å²) in [5.74, 6) is -0.443. The molecule has 0 aliphatic carbocycles. The molecule has 3 N–H and O–H groups in total. The summed E-state index contributed by atoms with van der Waals surface area (Å²) in [5.41, 5.74) is 8.51. The quantitative estimate of drug-likeness (QED) is 0.521. The number of fused-ring (bicyclic) bond motifs is 1. The standard InChI is InChI=1S/C23H19FN4O3/c1-11-9-15(23(27-13(11)3)31-19-5-4-14(24)8-12(19)2)17-10-18(29)20-16(28-17)6-7-26-21(20)22(25)30/h4-10H,1-3H3,(H2,25,30)(H,28,29). The van der Waals surface area contributed by atoms with Crippen molar-refractivity contribution in [2.24, 2.45) is 5.73 Å². The number of nitrogens with two attached hydrogens (primary N) is 1. The number of hydrogen-bond donors (Lipinski definition) is 2. The lowest BCUT2D eigenvalue weighted by Gasteiger charge is -2.15. The van der Waals surface area contributed by atoms with Gasteiger partial charge in [-0.15, -0.1) is 0 Å². The van der Waals surface area contributed by atoms with Gasteiger partial charge in [0.25, 0.3) is 5.91 Å². The number of amides is 1. The van der Waals surface area contributed by atoms with Crippen molar-refractivity contribution in [3.05, 3.63) is 81.2 Å². The Hall–Kier alpha value is -4.07. The molecule has 0 radical (unpaired) electrons. The second kappa shape index (κ2) is 7.64. The molecule has 0 saturated carbocycles. The lowest BCUT2D eigenvalue weighted by atomic mass is 10.1. The maximum Gasteiger partial charge on any atom is 0.268 e. The number of aryl methyl sites for hydroxylation is 3. The van der Waals surface area contributed by atoms with Gasteiger partial charge in [0.2, 0.25) is 5.88 Å². The van der Waals surface area contributed by atoms with Crippen LogP contribution in [0.15, 0.2) is 47.4 Å². The molecule has 31 heavy (non-hydrogen) atoms. The fraction of sp³-hybridized carbons (Fsp3) is 0.130. The minimum Gasteiger partial charge on any atom is -0.438 e. The Morgan fingerprint density at radius 1 is 1.10 bits per heavy atom. The molecule has 3 heterocycles. The van der Waals surface area contributed by atoms with Crippen LogP contribution in [0, 0.1) is 26.6 Å². The third-order valence-electron chi connectivity index (χ3n) is 5.04. The number of nitrogens with one attached hydrogen (secondary N) is 1. The normalized spacial score (nSPS) is 11.0. The number of hydrogen-bond acceptors (Lipinski definition) is 5. The van der Waals surface area contributed by atoms with E-state index >= 15 is 0 Å². The zero-order valence-electron chi connectivity index (χ0n) is 17.1. The maximum absolute atomic E-state index is 13.5. The van der Waals surface area contributed by atoms with E-state index in [-0.39, 0.29) is 22.8 Å². The van der Waals surface area contributed by atoms with Crippen molar-refractivity contribution in [2.75, 3.05) is 0 Å². The highest BCUT2D eigenvalue weighted by Gasteiger charge is 2.18. The van der Waals surface area contributed by atoms with Gasteiger partial charge in [0.05, 0.1) is 22.2 Å². The predicted molar refractivity (Wildman–Crippen MR) is 115 cm³/mol. The van der Waals surface area contributed by atoms with E-state index in [1.165, 1.54) is 30.5 Å². The third-order valence-corrected chi connectivity index (χ3v) is 5.04. The molecule has 7 nitrogen and oxygen atoms in total. The average Bonchev–Trinajstić information content (AvgIpc) is 2.71. The molecule has 0 aliphatic rings. The molecular formula is C23H19FN4O3. The van der Waals surface area contributed by atoms with E-state index in [9.17, 15) is 14.0 Å². The number of pyridine rings is 3. The Balaban J connectivity index is 1.92. The number of nitrogens with zero attached hydrogens (tertiary/aromatic N) is 2. The van der Waals surface area contributed by atoms with Gasteiger partial charge in [-0.25, -0.2) is 9.37 Å². The van der Waals surface area contributed by atoms with Crippen molar-refractivity contribution in [1.82, 2.24) is 15.0 Å². The highest BCUT2D eigenvalue weighted by Crippen LogP contribution is 2.34. The van der Waals surface area contributed by atoms with E-state index < -0.39 is 11.3 Å². The number of benzene rings is 1. The smallest absolute Gasteiger partial charge is 0.268 e. The molecule has 4 rings (SSSR count). The zero-order chi connectivity index (χ0) is 22.3. The molecular weight excluding hydrogens is 399 g/mol. The highest BCUT2D eigenvalue weighted by molar-refractivity contribution is 6.03. The molecule has 0 bridgehead atoms. The second-order valence-electron chi connectivity index (χ2n) is 7.25. The minimum atomic E-state index is -0.785. The van der Waals surface area contributed by atoms with Crippen LogP contribution in [0.25, 0.3) is 22.2 Å². The van der Waals surface area contributed by atoms with Gasteiger partial charge in [0, 0.05) is 18.0 Å². The molecule has 3 aromatic heterocycles. The number of halogens is 1. The van der Waals surface area contributed by atoms with Crippen molar-refractivity contribution in [2.45, 2.75) is 20.8 Å². The number of aromatic amines is 1. The Bertz CT molecular complexity index is 1410. The van der Waals surface area contributed by atoms with E-state index in [0.717, 1.165) is 11.3 Å². The zero-order valence-corrected chi connectivity index (χ0v) is 17.1. The molecule has 8 heteroatoms. The van der Waals surface area contributed by atoms with Crippen LogP contribution in [0.1, 0.15) is 27.3 Å². The molecule has 1 amide bonds. The molecule has 0 saturated heterocycles. The molecule has 0 fully saturated rings. The van der Waals surface area contributed by atoms with E-state index in [4.69, 9.17) is 10.5 Å². The number of aromatic nitrogens is 3. The fourth-order valence-electron chi connectivity index (χ4n) is 3.32. The summed E-state index contributed by atoms with van der Waals surface area (Å²) in [6.07, 6.45) is 1.40. The largest absolute Gasteiger partial charge is 0.438 e. The van der Waals surface area contributed by atoms with E-state index in [1.54, 1.807) is 13.0 Å². The Morgan fingerprint density at radius 2 is 1.87 bits per heavy atom. The minimum absolute atomic E-state index is 0.0954. The monoisotopic (exact) mass is 418 g/mol. The first-order valence-electron chi connectivity index (χ1n) is 9.49. The average molecular weight is 418 g/mol. The molecule has 156 valence electrons. The Labute approximate surface area is 176 Å². The fourth-order valence-corrected chi connectivity index (χ4v) is 3.32. The van der Waals surface area contributed by atoms with Gasteiger partial charge in [-0.3, -0.25) is 14.6 Å². The number of rotatable bonds is 4. The second-order valence-corrected chi connectivity index (χ2v) is 7.25. The first kappa shape index (κ1) is 20.2. The number of H-pyrrole nitrogens is 1. The van der Waals surface area contributed by atoms with Crippen molar-refractivity contribution >= 4 is 16.8 Å². The topological polar surface area (TPSA) is 111 Å². The number of carbonyl (C=O) groups is 1. The Kier molecular flexibility index (Phi) is 4.98. The van der Waals surface area contributed by atoms with Gasteiger partial charge in [-0.2, -0.15) is 0 Å². The summed E-state index contributed by atoms with van der Waals surface area (Å²) in [6, 6.07) is 8.99. The third kappa shape index (κ3) is 3.75. The van der Waals surface area contributed by atoms with Crippen LogP contribution < -0.4 is 15.9 Å². The van der Waals surface area contributed by atoms with E-state index in [1.807, 2.05) is 19.9 Å². The van der Waals surface area contributed by atoms with Crippen molar-refractivity contribution in [1.29, 1.82) is 0 Å². The van der Waals surface area contributed by atoms with Crippen LogP contribution in [-0.2, 0) is 0 Å². The molecule has 0 aliphatic heterocycles. The number of primary amides is 1. The summed E-state index contributed by atoms with van der Waals surface area (Å²) < 4.78 is 19.5. The van der Waals surface area contributed by atoms with E-state index in [2.05, 4.69) is 15.0 Å². The molecule has 0 atom stereocenters. The first-order chi connectivity index (χ1) is 14.7. The predicted octanol–water partition coefficient (Wildman–Crippen LogP) is 3.94. The molecule has 0 unspecified atom stereocenters. The summed E-state index contributed by atoms with van der Waals surface area (Å²) in [5, 5.41) is 0.118. The number of ether oxygens (including phenoxy) is 1. The van der Waals surface area contributed by atoms with Crippen LogP contribution in [0.3, 0.4) is 0 Å². The van der Waals surface area contributed by atoms with Gasteiger partial charge in [0.1, 0.15) is 17.3 Å². The lowest BCUT2D eigenvalue weighted by molar-refractivity contribution is 0.0997. The maximum atomic E-state index is 13.5. The molecule has 1 aromatic carbocycles. The van der Waals surface area contributed by atoms with E-state index in [0.29, 0.717) is 28.1 Å². The van der Waals surface area contributed by atoms with Crippen LogP contribution in [-0.4, -0.2) is 20.9 Å². The summed E-state index contributed by atoms with van der Waals surface area (Å²) >= 11 is 0. The highest BCUT2D eigenvalue weighted by atomic mass is 19.1. The molecule has 0 spiro atoms. The first-order valence-corrected chi connectivity index (χ1v) is 9.49. The van der Waals surface area contributed by atoms with Gasteiger partial charge >= 0.3 is 0 Å². The lowest BCUT2D eigenvalue weighted by Crippen LogP contribution is -2.17. The van der Waals surface area contributed by atoms with Crippen molar-refractivity contribution < 1.29 is 13.9 Å². The van der Waals surface area contributed by atoms with Crippen molar-refractivity contribution in [3.63, 3.8) is 0 Å². The van der Waals surface area contributed by atoms with Gasteiger partial charge in [-0.05, 0) is 62.2 Å². The van der Waals surface area contributed by atoms with Crippen molar-refractivity contribution in [3.8, 4) is 22.9 Å². The number of carbonyl (C=O) groups excluding carboxylic acids is 1. The van der Waals surface area contributed by atoms with Gasteiger partial charge < -0.3 is 15.5 Å². The summed E-state index contributed by atoms with van der Waals surface area (Å²) in [4.78, 5) is 36.1.